The van der Waals surface area contributed by atoms with Crippen LogP contribution < -0.4 is 4.74 Å². The first-order chi connectivity index (χ1) is 13.9. The molecule has 1 aliphatic rings. The summed E-state index contributed by atoms with van der Waals surface area (Å²) in [5, 5.41) is 0. The van der Waals surface area contributed by atoms with E-state index in [4.69, 9.17) is 4.74 Å². The molecule has 29 heavy (non-hydrogen) atoms. The average molecular weight is 409 g/mol. The number of hydrogen-bond acceptors (Lipinski definition) is 5. The molecule has 2 rings (SSSR count). The van der Waals surface area contributed by atoms with Gasteiger partial charge in [0.1, 0.15) is 0 Å². The molecule has 1 heterocycles. The molecule has 2 amide bonds. The fraction of sp³-hybridized carbons (Fsp3) is 0.619. The second kappa shape index (κ2) is 11.1. The highest BCUT2D eigenvalue weighted by Crippen LogP contribution is 2.18. The van der Waals surface area contributed by atoms with Gasteiger partial charge >= 0.3 is 0 Å². The zero-order valence-electron chi connectivity index (χ0n) is 18.0. The van der Waals surface area contributed by atoms with Crippen molar-refractivity contribution in [3.63, 3.8) is 0 Å². The highest BCUT2D eigenvalue weighted by Gasteiger charge is 2.23. The van der Waals surface area contributed by atoms with E-state index < -0.39 is 5.82 Å². The van der Waals surface area contributed by atoms with E-state index in [0.29, 0.717) is 19.6 Å². The van der Waals surface area contributed by atoms with Crippen LogP contribution in [0.5, 0.6) is 5.75 Å². The number of carbonyl (C=O) groups excluding carboxylic acids is 2. The molecule has 0 atom stereocenters. The van der Waals surface area contributed by atoms with Crippen molar-refractivity contribution in [2.75, 3.05) is 66.5 Å². The number of nitrogens with zero attached hydrogens (tertiary/aromatic N) is 4. The van der Waals surface area contributed by atoms with Gasteiger partial charge in [-0.3, -0.25) is 19.4 Å². The van der Waals surface area contributed by atoms with E-state index in [9.17, 15) is 14.0 Å². The zero-order chi connectivity index (χ0) is 21.4. The normalized spacial score (nSPS) is 15.2. The van der Waals surface area contributed by atoms with Gasteiger partial charge in [-0.25, -0.2) is 4.39 Å². The topological polar surface area (TPSA) is 56.3 Å². The molecule has 0 saturated carbocycles. The molecule has 1 aromatic rings. The maximum atomic E-state index is 13.8. The number of piperazine rings is 1. The van der Waals surface area contributed by atoms with Crippen molar-refractivity contribution in [1.29, 1.82) is 0 Å². The minimum atomic E-state index is -0.429. The van der Waals surface area contributed by atoms with E-state index in [1.807, 2.05) is 18.7 Å². The third kappa shape index (κ3) is 6.68. The first-order valence-electron chi connectivity index (χ1n) is 10.2. The summed E-state index contributed by atoms with van der Waals surface area (Å²) in [6, 6.07) is 4.73. The van der Waals surface area contributed by atoms with Gasteiger partial charge in [0.2, 0.25) is 11.8 Å². The van der Waals surface area contributed by atoms with Crippen molar-refractivity contribution in [3.8, 4) is 5.75 Å². The van der Waals surface area contributed by atoms with Gasteiger partial charge in [0, 0.05) is 52.9 Å². The number of methoxy groups -OCH3 is 1. The maximum Gasteiger partial charge on any atom is 0.236 e. The molecular formula is C21H33FN4O3. The number of benzene rings is 1. The van der Waals surface area contributed by atoms with Gasteiger partial charge < -0.3 is 14.5 Å². The Morgan fingerprint density at radius 1 is 1.03 bits per heavy atom. The SMILES string of the molecule is CCN(CC)C(=O)CN1CCN(CC(=O)N(C)Cc2ccc(OC)c(F)c2)CC1. The molecule has 1 aromatic carbocycles. The zero-order valence-corrected chi connectivity index (χ0v) is 18.0. The van der Waals surface area contributed by atoms with E-state index in [0.717, 1.165) is 44.8 Å². The molecule has 0 aliphatic carbocycles. The van der Waals surface area contributed by atoms with Crippen molar-refractivity contribution >= 4 is 11.8 Å². The van der Waals surface area contributed by atoms with Crippen molar-refractivity contribution in [2.45, 2.75) is 20.4 Å². The summed E-state index contributed by atoms with van der Waals surface area (Å²) < 4.78 is 18.8. The number of ether oxygens (including phenoxy) is 1. The quantitative estimate of drug-likeness (QED) is 0.616. The monoisotopic (exact) mass is 408 g/mol. The van der Waals surface area contributed by atoms with Gasteiger partial charge in [-0.15, -0.1) is 0 Å². The first-order valence-corrected chi connectivity index (χ1v) is 10.2. The molecule has 0 aromatic heterocycles. The summed E-state index contributed by atoms with van der Waals surface area (Å²) in [6.45, 7) is 9.59. The van der Waals surface area contributed by atoms with Crippen LogP contribution in [0.3, 0.4) is 0 Å². The Kier molecular flexibility index (Phi) is 8.85. The van der Waals surface area contributed by atoms with Gasteiger partial charge in [0.25, 0.3) is 0 Å². The maximum absolute atomic E-state index is 13.8. The Labute approximate surface area is 173 Å². The smallest absolute Gasteiger partial charge is 0.236 e. The van der Waals surface area contributed by atoms with Crippen molar-refractivity contribution in [3.05, 3.63) is 29.6 Å². The second-order valence-corrected chi connectivity index (χ2v) is 7.34. The predicted molar refractivity (Wildman–Crippen MR) is 110 cm³/mol. The summed E-state index contributed by atoms with van der Waals surface area (Å²) in [5.41, 5.74) is 0.721. The molecule has 0 bridgehead atoms. The summed E-state index contributed by atoms with van der Waals surface area (Å²) in [7, 11) is 3.15. The highest BCUT2D eigenvalue weighted by molar-refractivity contribution is 5.78. The van der Waals surface area contributed by atoms with Gasteiger partial charge in [-0.05, 0) is 31.5 Å². The van der Waals surface area contributed by atoms with Crippen LogP contribution in [0.1, 0.15) is 19.4 Å². The van der Waals surface area contributed by atoms with Crippen LogP contribution >= 0.6 is 0 Å². The van der Waals surface area contributed by atoms with Gasteiger partial charge in [-0.1, -0.05) is 6.07 Å². The van der Waals surface area contributed by atoms with Crippen LogP contribution in [0.15, 0.2) is 18.2 Å². The Balaban J connectivity index is 1.77. The Morgan fingerprint density at radius 3 is 2.07 bits per heavy atom. The van der Waals surface area contributed by atoms with Crippen LogP contribution in [0, 0.1) is 5.82 Å². The van der Waals surface area contributed by atoms with E-state index in [1.165, 1.54) is 13.2 Å². The number of amides is 2. The number of hydrogen-bond donors (Lipinski definition) is 0. The fourth-order valence-corrected chi connectivity index (χ4v) is 3.46. The van der Waals surface area contributed by atoms with Crippen molar-refractivity contribution in [1.82, 2.24) is 19.6 Å². The molecule has 1 aliphatic heterocycles. The Hall–Kier alpha value is -2.19. The molecule has 0 spiro atoms. The number of rotatable bonds is 9. The summed E-state index contributed by atoms with van der Waals surface area (Å²) in [5.74, 6) is -0.0822. The largest absolute Gasteiger partial charge is 0.494 e. The van der Waals surface area contributed by atoms with Crippen LogP contribution in [-0.2, 0) is 16.1 Å². The summed E-state index contributed by atoms with van der Waals surface area (Å²) in [6.07, 6.45) is 0. The average Bonchev–Trinajstić information content (AvgIpc) is 2.70. The minimum absolute atomic E-state index is 0.00565. The lowest BCUT2D eigenvalue weighted by atomic mass is 10.2. The highest BCUT2D eigenvalue weighted by atomic mass is 19.1. The Bertz CT molecular complexity index is 689. The Morgan fingerprint density at radius 2 is 1.59 bits per heavy atom. The van der Waals surface area contributed by atoms with Crippen LogP contribution in [-0.4, -0.2) is 97.9 Å². The summed E-state index contributed by atoms with van der Waals surface area (Å²) >= 11 is 0. The third-order valence-electron chi connectivity index (χ3n) is 5.36. The number of likely N-dealkylation sites (N-methyl/N-ethyl adjacent to an activating group) is 2. The first kappa shape index (κ1) is 23.1. The lowest BCUT2D eigenvalue weighted by molar-refractivity contribution is -0.134. The van der Waals surface area contributed by atoms with Crippen LogP contribution in [0.25, 0.3) is 0 Å². The number of carbonyl (C=O) groups is 2. The van der Waals surface area contributed by atoms with Gasteiger partial charge in [0.15, 0.2) is 11.6 Å². The molecule has 7 nitrogen and oxygen atoms in total. The third-order valence-corrected chi connectivity index (χ3v) is 5.36. The summed E-state index contributed by atoms with van der Waals surface area (Å²) in [4.78, 5) is 32.5. The molecule has 0 N–H and O–H groups in total. The van der Waals surface area contributed by atoms with E-state index in [2.05, 4.69) is 9.80 Å². The van der Waals surface area contributed by atoms with Crippen molar-refractivity contribution in [2.24, 2.45) is 0 Å². The molecule has 8 heteroatoms. The fourth-order valence-electron chi connectivity index (χ4n) is 3.46. The predicted octanol–water partition coefficient (Wildman–Crippen LogP) is 1.28. The van der Waals surface area contributed by atoms with Gasteiger partial charge in [0.05, 0.1) is 20.2 Å². The second-order valence-electron chi connectivity index (χ2n) is 7.34. The van der Waals surface area contributed by atoms with E-state index >= 15 is 0 Å². The molecule has 1 fully saturated rings. The minimum Gasteiger partial charge on any atom is -0.494 e. The molecular weight excluding hydrogens is 375 g/mol. The lowest BCUT2D eigenvalue weighted by Gasteiger charge is -2.35. The van der Waals surface area contributed by atoms with Crippen LogP contribution in [0.2, 0.25) is 0 Å². The molecule has 162 valence electrons. The van der Waals surface area contributed by atoms with Crippen LogP contribution in [0.4, 0.5) is 4.39 Å². The van der Waals surface area contributed by atoms with E-state index in [-0.39, 0.29) is 17.6 Å². The number of halogens is 1. The molecule has 0 unspecified atom stereocenters. The van der Waals surface area contributed by atoms with Crippen molar-refractivity contribution < 1.29 is 18.7 Å². The lowest BCUT2D eigenvalue weighted by Crippen LogP contribution is -2.52. The van der Waals surface area contributed by atoms with Gasteiger partial charge in [-0.2, -0.15) is 0 Å². The molecule has 1 saturated heterocycles. The standard InChI is InChI=1S/C21H33FN4O3/c1-5-26(6-2)21(28)16-25-11-9-24(10-12-25)15-20(27)23(3)14-17-7-8-19(29-4)18(22)13-17/h7-8,13H,5-6,9-12,14-16H2,1-4H3. The van der Waals surface area contributed by atoms with E-state index in [1.54, 1.807) is 24.1 Å². The molecule has 0 radical (unpaired) electrons.